The molecular formula is C17H18F3N3O3. The molecule has 1 aliphatic heterocycles. The molecule has 1 saturated heterocycles. The predicted octanol–water partition coefficient (Wildman–Crippen LogP) is 3.26. The van der Waals surface area contributed by atoms with Crippen LogP contribution in [-0.2, 0) is 11.0 Å². The molecule has 1 aliphatic rings. The highest BCUT2D eigenvalue weighted by atomic mass is 19.4. The number of alkyl halides is 3. The highest BCUT2D eigenvalue weighted by molar-refractivity contribution is 5.81. The fourth-order valence-electron chi connectivity index (χ4n) is 2.90. The molecule has 1 aromatic heterocycles. The van der Waals surface area contributed by atoms with E-state index in [-0.39, 0.29) is 18.3 Å². The lowest BCUT2D eigenvalue weighted by molar-refractivity contribution is -0.158. The van der Waals surface area contributed by atoms with E-state index in [2.05, 4.69) is 10.2 Å². The molecule has 0 spiro atoms. The van der Waals surface area contributed by atoms with Crippen LogP contribution in [0.2, 0.25) is 0 Å². The average Bonchev–Trinajstić information content (AvgIpc) is 3.12. The van der Waals surface area contributed by atoms with Crippen LogP contribution in [0.25, 0.3) is 0 Å². The number of aromatic nitrogens is 2. The molecule has 1 amide bonds. The summed E-state index contributed by atoms with van der Waals surface area (Å²) in [7, 11) is 0. The van der Waals surface area contributed by atoms with Gasteiger partial charge in [0, 0.05) is 13.1 Å². The van der Waals surface area contributed by atoms with Gasteiger partial charge in [0.25, 0.3) is 5.91 Å². The van der Waals surface area contributed by atoms with Gasteiger partial charge in [0.15, 0.2) is 6.10 Å². The van der Waals surface area contributed by atoms with Crippen LogP contribution in [0.4, 0.5) is 13.2 Å². The fourth-order valence-corrected chi connectivity index (χ4v) is 2.90. The third-order valence-electron chi connectivity index (χ3n) is 4.17. The van der Waals surface area contributed by atoms with Gasteiger partial charge in [-0.2, -0.15) is 13.2 Å². The minimum absolute atomic E-state index is 0.0912. The van der Waals surface area contributed by atoms with Crippen molar-refractivity contribution < 1.29 is 27.1 Å². The van der Waals surface area contributed by atoms with Crippen molar-refractivity contribution in [2.75, 3.05) is 13.1 Å². The van der Waals surface area contributed by atoms with Crippen molar-refractivity contribution in [3.05, 3.63) is 42.1 Å². The first-order chi connectivity index (χ1) is 12.3. The number of amides is 1. The summed E-state index contributed by atoms with van der Waals surface area (Å²) >= 11 is 0. The zero-order valence-electron chi connectivity index (χ0n) is 14.1. The Balaban J connectivity index is 1.64. The highest BCUT2D eigenvalue weighted by Gasteiger charge is 2.39. The number of hydrogen-bond acceptors (Lipinski definition) is 5. The van der Waals surface area contributed by atoms with Crippen molar-refractivity contribution in [3.63, 3.8) is 0 Å². The van der Waals surface area contributed by atoms with Crippen molar-refractivity contribution >= 4 is 5.91 Å². The van der Waals surface area contributed by atoms with Gasteiger partial charge in [-0.1, -0.05) is 18.2 Å². The first kappa shape index (κ1) is 18.2. The zero-order chi connectivity index (χ0) is 18.7. The molecule has 0 N–H and O–H groups in total. The maximum atomic E-state index is 12.6. The third-order valence-corrected chi connectivity index (χ3v) is 4.17. The Morgan fingerprint density at radius 3 is 2.69 bits per heavy atom. The van der Waals surface area contributed by atoms with Gasteiger partial charge in [-0.3, -0.25) is 4.79 Å². The van der Waals surface area contributed by atoms with Crippen LogP contribution in [0, 0.1) is 0 Å². The Hall–Kier alpha value is -2.58. The van der Waals surface area contributed by atoms with Crippen LogP contribution in [0.5, 0.6) is 5.75 Å². The third kappa shape index (κ3) is 4.14. The first-order valence-corrected chi connectivity index (χ1v) is 8.25. The molecule has 0 unspecified atom stereocenters. The average molecular weight is 369 g/mol. The van der Waals surface area contributed by atoms with Crippen molar-refractivity contribution in [2.24, 2.45) is 0 Å². The van der Waals surface area contributed by atoms with E-state index in [1.54, 1.807) is 36.1 Å². The van der Waals surface area contributed by atoms with Crippen LogP contribution in [0.3, 0.4) is 0 Å². The topological polar surface area (TPSA) is 68.5 Å². The molecule has 2 atom stereocenters. The second-order valence-corrected chi connectivity index (χ2v) is 6.14. The summed E-state index contributed by atoms with van der Waals surface area (Å²) < 4.78 is 48.2. The fraction of sp³-hybridized carbons (Fsp3) is 0.471. The summed E-state index contributed by atoms with van der Waals surface area (Å²) in [5, 5.41) is 6.56. The van der Waals surface area contributed by atoms with Gasteiger partial charge in [-0.25, -0.2) is 0 Å². The molecule has 1 aromatic carbocycles. The molecule has 1 fully saturated rings. The molecule has 2 heterocycles. The number of benzene rings is 1. The van der Waals surface area contributed by atoms with Crippen LogP contribution in [0.15, 0.2) is 34.7 Å². The molecule has 2 aromatic rings. The Kier molecular flexibility index (Phi) is 5.15. The standard InChI is InChI=1S/C17H18F3N3O3/c1-11(25-13-7-3-2-4-8-13)15(24)23-9-5-6-12(10-23)14-21-22-16(26-14)17(18,19)20/h2-4,7-8,11-12H,5-6,9-10H2,1H3/t11-,12-/m1/s1. The Bertz CT molecular complexity index is 748. The molecule has 9 heteroatoms. The molecule has 3 rings (SSSR count). The Morgan fingerprint density at radius 2 is 2.04 bits per heavy atom. The number of nitrogens with zero attached hydrogens (tertiary/aromatic N) is 3. The number of para-hydroxylation sites is 1. The molecule has 6 nitrogen and oxygen atoms in total. The van der Waals surface area contributed by atoms with Gasteiger partial charge in [0.1, 0.15) is 5.75 Å². The summed E-state index contributed by atoms with van der Waals surface area (Å²) in [6.45, 7) is 2.38. The quantitative estimate of drug-likeness (QED) is 0.827. The summed E-state index contributed by atoms with van der Waals surface area (Å²) in [5.74, 6) is -1.52. The molecule has 0 aliphatic carbocycles. The largest absolute Gasteiger partial charge is 0.481 e. The number of ether oxygens (including phenoxy) is 1. The van der Waals surface area contributed by atoms with Gasteiger partial charge in [-0.15, -0.1) is 10.2 Å². The molecule has 26 heavy (non-hydrogen) atoms. The van der Waals surface area contributed by atoms with E-state index in [4.69, 9.17) is 9.15 Å². The van der Waals surface area contributed by atoms with E-state index in [1.165, 1.54) is 0 Å². The monoisotopic (exact) mass is 369 g/mol. The van der Waals surface area contributed by atoms with Crippen molar-refractivity contribution in [3.8, 4) is 5.75 Å². The van der Waals surface area contributed by atoms with Crippen LogP contribution < -0.4 is 4.74 Å². The Morgan fingerprint density at radius 1 is 1.31 bits per heavy atom. The second kappa shape index (κ2) is 7.35. The van der Waals surface area contributed by atoms with Gasteiger partial charge in [0.2, 0.25) is 5.89 Å². The van der Waals surface area contributed by atoms with E-state index < -0.39 is 24.1 Å². The van der Waals surface area contributed by atoms with E-state index in [9.17, 15) is 18.0 Å². The SMILES string of the molecule is C[C@@H](Oc1ccccc1)C(=O)N1CCC[C@@H](c2nnc(C(F)(F)F)o2)C1. The lowest BCUT2D eigenvalue weighted by Crippen LogP contribution is -2.45. The van der Waals surface area contributed by atoms with Crippen molar-refractivity contribution in [1.82, 2.24) is 15.1 Å². The summed E-state index contributed by atoms with van der Waals surface area (Å²) in [4.78, 5) is 14.2. The summed E-state index contributed by atoms with van der Waals surface area (Å²) in [6, 6.07) is 8.95. The normalized spacial score (nSPS) is 19.2. The number of halogens is 3. The van der Waals surface area contributed by atoms with E-state index in [0.29, 0.717) is 25.1 Å². The van der Waals surface area contributed by atoms with E-state index in [1.807, 2.05) is 6.07 Å². The smallest absolute Gasteiger partial charge is 0.470 e. The van der Waals surface area contributed by atoms with E-state index in [0.717, 1.165) is 0 Å². The van der Waals surface area contributed by atoms with Gasteiger partial charge in [0.05, 0.1) is 5.92 Å². The molecule has 0 bridgehead atoms. The minimum Gasteiger partial charge on any atom is -0.481 e. The van der Waals surface area contributed by atoms with Crippen molar-refractivity contribution in [2.45, 2.75) is 38.0 Å². The number of carbonyl (C=O) groups is 1. The Labute approximate surface area is 148 Å². The number of rotatable bonds is 4. The van der Waals surface area contributed by atoms with Crippen molar-refractivity contribution in [1.29, 1.82) is 0 Å². The van der Waals surface area contributed by atoms with Crippen LogP contribution >= 0.6 is 0 Å². The highest BCUT2D eigenvalue weighted by Crippen LogP contribution is 2.32. The number of hydrogen-bond donors (Lipinski definition) is 0. The zero-order valence-corrected chi connectivity index (χ0v) is 14.1. The van der Waals surface area contributed by atoms with Crippen LogP contribution in [-0.4, -0.2) is 40.2 Å². The number of carbonyl (C=O) groups excluding carboxylic acids is 1. The number of likely N-dealkylation sites (tertiary alicyclic amines) is 1. The molecular weight excluding hydrogens is 351 g/mol. The van der Waals surface area contributed by atoms with E-state index >= 15 is 0 Å². The number of piperidine rings is 1. The minimum atomic E-state index is -4.67. The van der Waals surface area contributed by atoms with Gasteiger partial charge >= 0.3 is 12.1 Å². The summed E-state index contributed by atoms with van der Waals surface area (Å²) in [5.41, 5.74) is 0. The van der Waals surface area contributed by atoms with Crippen LogP contribution in [0.1, 0.15) is 37.5 Å². The van der Waals surface area contributed by atoms with Gasteiger partial charge in [-0.05, 0) is 31.9 Å². The van der Waals surface area contributed by atoms with Gasteiger partial charge < -0.3 is 14.1 Å². The molecule has 140 valence electrons. The maximum Gasteiger partial charge on any atom is 0.470 e. The second-order valence-electron chi connectivity index (χ2n) is 6.14. The summed E-state index contributed by atoms with van der Waals surface area (Å²) in [6.07, 6.45) is -4.16. The molecule has 0 saturated carbocycles. The predicted molar refractivity (Wildman–Crippen MR) is 84.4 cm³/mol. The lowest BCUT2D eigenvalue weighted by Gasteiger charge is -2.32. The first-order valence-electron chi connectivity index (χ1n) is 8.25. The lowest BCUT2D eigenvalue weighted by atomic mass is 9.97. The maximum absolute atomic E-state index is 12.6. The molecule has 0 radical (unpaired) electrons.